The van der Waals surface area contributed by atoms with Crippen molar-refractivity contribution in [2.24, 2.45) is 0 Å². The quantitative estimate of drug-likeness (QED) is 0.844. The minimum Gasteiger partial charge on any atom is -0.318 e. The van der Waals surface area contributed by atoms with Crippen molar-refractivity contribution in [1.29, 1.82) is 0 Å². The van der Waals surface area contributed by atoms with Crippen molar-refractivity contribution in [3.8, 4) is 0 Å². The molecule has 2 aromatic rings. The Morgan fingerprint density at radius 2 is 2.00 bits per heavy atom. The van der Waals surface area contributed by atoms with Gasteiger partial charge in [0.2, 0.25) is 6.54 Å². The summed E-state index contributed by atoms with van der Waals surface area (Å²) in [5.74, 6) is -0.830. The summed E-state index contributed by atoms with van der Waals surface area (Å²) in [4.78, 5) is 11.9. The van der Waals surface area contributed by atoms with Crippen LogP contribution in [-0.4, -0.2) is 5.91 Å². The second-order valence-corrected chi connectivity index (χ2v) is 5.24. The third-order valence-corrected chi connectivity index (χ3v) is 3.27. The Morgan fingerprint density at radius 3 is 2.62 bits per heavy atom. The van der Waals surface area contributed by atoms with Gasteiger partial charge in [0.15, 0.2) is 12.4 Å². The number of amides is 1. The normalized spacial score (nSPS) is 10.4. The summed E-state index contributed by atoms with van der Waals surface area (Å²) >= 11 is 5.67. The Hall–Kier alpha value is -1.94. The van der Waals surface area contributed by atoms with E-state index >= 15 is 0 Å². The average Bonchev–Trinajstić information content (AvgIpc) is 2.44. The van der Waals surface area contributed by atoms with Crippen molar-refractivity contribution in [2.75, 3.05) is 5.32 Å². The van der Waals surface area contributed by atoms with E-state index in [0.717, 1.165) is 12.8 Å². The first-order valence-corrected chi connectivity index (χ1v) is 7.19. The Bertz CT molecular complexity index is 629. The van der Waals surface area contributed by atoms with E-state index in [4.69, 9.17) is 11.6 Å². The van der Waals surface area contributed by atoms with Crippen molar-refractivity contribution in [2.45, 2.75) is 26.3 Å². The zero-order valence-electron chi connectivity index (χ0n) is 11.8. The van der Waals surface area contributed by atoms with Gasteiger partial charge in [-0.3, -0.25) is 4.79 Å². The van der Waals surface area contributed by atoms with Crippen molar-refractivity contribution < 1.29 is 13.8 Å². The minimum absolute atomic E-state index is 0.132. The Balaban J connectivity index is 1.98. The van der Waals surface area contributed by atoms with E-state index < -0.39 is 5.82 Å². The molecule has 0 saturated heterocycles. The smallest absolute Gasteiger partial charge is 0.290 e. The fourth-order valence-electron chi connectivity index (χ4n) is 2.00. The number of hydrogen-bond acceptors (Lipinski definition) is 1. The van der Waals surface area contributed by atoms with Crippen LogP contribution in [0, 0.1) is 5.82 Å². The maximum atomic E-state index is 13.6. The molecule has 5 heteroatoms. The van der Waals surface area contributed by atoms with Crippen LogP contribution in [0.5, 0.6) is 0 Å². The summed E-state index contributed by atoms with van der Waals surface area (Å²) in [6, 6.07) is 8.13. The molecule has 0 aliphatic rings. The number of nitrogens with one attached hydrogen (secondary N) is 1. The molecular formula is C16H17ClFN2O+. The second kappa shape index (κ2) is 7.18. The molecule has 110 valence electrons. The SMILES string of the molecule is CCCc1cc[n+](CC(=O)Nc2ccc(Cl)cc2F)cc1. The molecule has 2 rings (SSSR count). The molecule has 0 unspecified atom stereocenters. The monoisotopic (exact) mass is 307 g/mol. The van der Waals surface area contributed by atoms with E-state index in [1.165, 1.54) is 23.8 Å². The molecular weight excluding hydrogens is 291 g/mol. The third-order valence-electron chi connectivity index (χ3n) is 3.03. The van der Waals surface area contributed by atoms with E-state index in [0.29, 0.717) is 5.02 Å². The highest BCUT2D eigenvalue weighted by Crippen LogP contribution is 2.18. The fourth-order valence-corrected chi connectivity index (χ4v) is 2.15. The van der Waals surface area contributed by atoms with E-state index in [1.807, 2.05) is 24.5 Å². The zero-order valence-corrected chi connectivity index (χ0v) is 12.5. The summed E-state index contributed by atoms with van der Waals surface area (Å²) < 4.78 is 15.3. The maximum Gasteiger partial charge on any atom is 0.290 e. The number of aromatic nitrogens is 1. The van der Waals surface area contributed by atoms with Crippen LogP contribution >= 0.6 is 11.6 Å². The van der Waals surface area contributed by atoms with Gasteiger partial charge in [0.1, 0.15) is 5.82 Å². The number of benzene rings is 1. The molecule has 0 fully saturated rings. The van der Waals surface area contributed by atoms with Crippen LogP contribution in [0.25, 0.3) is 0 Å². The molecule has 0 spiro atoms. The van der Waals surface area contributed by atoms with Crippen LogP contribution in [0.4, 0.5) is 10.1 Å². The van der Waals surface area contributed by atoms with Gasteiger partial charge in [-0.1, -0.05) is 24.9 Å². The van der Waals surface area contributed by atoms with Gasteiger partial charge < -0.3 is 5.32 Å². The largest absolute Gasteiger partial charge is 0.318 e. The molecule has 21 heavy (non-hydrogen) atoms. The van der Waals surface area contributed by atoms with E-state index in [-0.39, 0.29) is 18.1 Å². The van der Waals surface area contributed by atoms with E-state index in [1.54, 1.807) is 4.57 Å². The van der Waals surface area contributed by atoms with Gasteiger partial charge in [0.05, 0.1) is 5.69 Å². The summed E-state index contributed by atoms with van der Waals surface area (Å²) in [5.41, 5.74) is 1.37. The number of halogens is 2. The molecule has 0 bridgehead atoms. The second-order valence-electron chi connectivity index (χ2n) is 4.80. The van der Waals surface area contributed by atoms with Crippen LogP contribution in [0.1, 0.15) is 18.9 Å². The molecule has 0 aliphatic carbocycles. The highest BCUT2D eigenvalue weighted by Gasteiger charge is 2.12. The van der Waals surface area contributed by atoms with Crippen molar-refractivity contribution >= 4 is 23.2 Å². The lowest BCUT2D eigenvalue weighted by Crippen LogP contribution is -2.39. The van der Waals surface area contributed by atoms with Gasteiger partial charge in [0.25, 0.3) is 5.91 Å². The number of nitrogens with zero attached hydrogens (tertiary/aromatic N) is 1. The standard InChI is InChI=1S/C16H16ClFN2O/c1-2-3-12-6-8-20(9-7-12)11-16(21)19-15-5-4-13(17)10-14(15)18/h4-10H,2-3,11H2,1H3/p+1. The molecule has 1 aromatic heterocycles. The first-order chi connectivity index (χ1) is 10.1. The number of carbonyl (C=O) groups is 1. The number of carbonyl (C=O) groups excluding carboxylic acids is 1. The van der Waals surface area contributed by atoms with Crippen molar-refractivity contribution in [3.63, 3.8) is 0 Å². The predicted molar refractivity (Wildman–Crippen MR) is 80.7 cm³/mol. The summed E-state index contributed by atoms with van der Waals surface area (Å²) in [6.45, 7) is 2.25. The van der Waals surface area contributed by atoms with Crippen molar-refractivity contribution in [3.05, 3.63) is 59.1 Å². The molecule has 0 atom stereocenters. The molecule has 0 aliphatic heterocycles. The van der Waals surface area contributed by atoms with Crippen LogP contribution in [0.2, 0.25) is 5.02 Å². The van der Waals surface area contributed by atoms with Crippen LogP contribution < -0.4 is 9.88 Å². The third kappa shape index (κ3) is 4.53. The highest BCUT2D eigenvalue weighted by molar-refractivity contribution is 6.30. The lowest BCUT2D eigenvalue weighted by atomic mass is 10.2. The molecule has 1 amide bonds. The summed E-state index contributed by atoms with van der Waals surface area (Å²) in [7, 11) is 0. The summed E-state index contributed by atoms with van der Waals surface area (Å²) in [5, 5.41) is 2.83. The number of hydrogen-bond donors (Lipinski definition) is 1. The van der Waals surface area contributed by atoms with E-state index in [2.05, 4.69) is 12.2 Å². The zero-order chi connectivity index (χ0) is 15.2. The topological polar surface area (TPSA) is 33.0 Å². The maximum absolute atomic E-state index is 13.6. The first kappa shape index (κ1) is 15.4. The van der Waals surface area contributed by atoms with Gasteiger partial charge in [-0.2, -0.15) is 4.57 Å². The van der Waals surface area contributed by atoms with Gasteiger partial charge in [-0.15, -0.1) is 0 Å². The Morgan fingerprint density at radius 1 is 1.29 bits per heavy atom. The number of rotatable bonds is 5. The van der Waals surface area contributed by atoms with Gasteiger partial charge in [-0.25, -0.2) is 4.39 Å². The fraction of sp³-hybridized carbons (Fsp3) is 0.250. The lowest BCUT2D eigenvalue weighted by molar-refractivity contribution is -0.684. The van der Waals surface area contributed by atoms with Gasteiger partial charge in [-0.05, 0) is 30.2 Å². The van der Waals surface area contributed by atoms with Gasteiger partial charge >= 0.3 is 0 Å². The summed E-state index contributed by atoms with van der Waals surface area (Å²) in [6.07, 6.45) is 5.80. The van der Waals surface area contributed by atoms with Crippen molar-refractivity contribution in [1.82, 2.24) is 0 Å². The Labute approximate surface area is 128 Å². The number of aryl methyl sites for hydroxylation is 1. The lowest BCUT2D eigenvalue weighted by Gasteiger charge is -2.05. The predicted octanol–water partition coefficient (Wildman–Crippen LogP) is 3.36. The highest BCUT2D eigenvalue weighted by atomic mass is 35.5. The van der Waals surface area contributed by atoms with E-state index in [9.17, 15) is 9.18 Å². The number of pyridine rings is 1. The molecule has 0 saturated carbocycles. The van der Waals surface area contributed by atoms with Crippen LogP contribution in [0.15, 0.2) is 42.7 Å². The number of anilines is 1. The minimum atomic E-state index is -0.542. The van der Waals surface area contributed by atoms with Crippen LogP contribution in [0.3, 0.4) is 0 Å². The molecule has 1 heterocycles. The molecule has 1 N–H and O–H groups in total. The Kier molecular flexibility index (Phi) is 5.28. The first-order valence-electron chi connectivity index (χ1n) is 6.81. The molecule has 1 aromatic carbocycles. The average molecular weight is 308 g/mol. The molecule has 3 nitrogen and oxygen atoms in total. The van der Waals surface area contributed by atoms with Gasteiger partial charge in [0, 0.05) is 17.2 Å². The van der Waals surface area contributed by atoms with Crippen LogP contribution in [-0.2, 0) is 17.8 Å². The molecule has 0 radical (unpaired) electrons.